The quantitative estimate of drug-likeness (QED) is 0.893. The summed E-state index contributed by atoms with van der Waals surface area (Å²) in [5.74, 6) is -0.412. The highest BCUT2D eigenvalue weighted by Crippen LogP contribution is 2.23. The Balaban J connectivity index is 2.77. The van der Waals surface area contributed by atoms with E-state index < -0.39 is 6.04 Å². The van der Waals surface area contributed by atoms with Crippen LogP contribution in [0.2, 0.25) is 5.02 Å². The molecule has 1 N–H and O–H groups in total. The van der Waals surface area contributed by atoms with E-state index in [-0.39, 0.29) is 11.7 Å². The van der Waals surface area contributed by atoms with Crippen LogP contribution >= 0.6 is 11.6 Å². The summed E-state index contributed by atoms with van der Waals surface area (Å²) < 4.78 is 13.1. The summed E-state index contributed by atoms with van der Waals surface area (Å²) in [5.41, 5.74) is 0.435. The van der Waals surface area contributed by atoms with Gasteiger partial charge in [-0.1, -0.05) is 11.6 Å². The number of carbonyl (C=O) groups is 1. The molecule has 0 aromatic heterocycles. The molecule has 3 nitrogen and oxygen atoms in total. The predicted octanol–water partition coefficient (Wildman–Crippen LogP) is 3.15. The Bertz CT molecular complexity index is 421. The Morgan fingerprint density at radius 1 is 1.44 bits per heavy atom. The summed E-state index contributed by atoms with van der Waals surface area (Å²) in [5, 5.41) is 3.34. The molecule has 0 radical (unpaired) electrons. The van der Waals surface area contributed by atoms with Crippen LogP contribution in [0.1, 0.15) is 20.8 Å². The van der Waals surface area contributed by atoms with E-state index in [9.17, 15) is 9.18 Å². The first kappa shape index (κ1) is 14.8. The maximum atomic E-state index is 13.1. The van der Waals surface area contributed by atoms with E-state index in [1.807, 2.05) is 13.8 Å². The number of halogens is 2. The molecule has 1 aromatic rings. The second-order valence-electron chi connectivity index (χ2n) is 4.00. The lowest BCUT2D eigenvalue weighted by Crippen LogP contribution is -2.41. The van der Waals surface area contributed by atoms with Crippen LogP contribution < -0.4 is 5.32 Å². The maximum absolute atomic E-state index is 13.1. The fourth-order valence-electron chi connectivity index (χ4n) is 1.71. The second kappa shape index (κ2) is 6.59. The third-order valence-corrected chi connectivity index (χ3v) is 3.08. The van der Waals surface area contributed by atoms with Crippen molar-refractivity contribution >= 4 is 23.2 Å². The van der Waals surface area contributed by atoms with Crippen molar-refractivity contribution in [2.24, 2.45) is 0 Å². The Morgan fingerprint density at radius 3 is 2.61 bits per heavy atom. The van der Waals surface area contributed by atoms with Crippen LogP contribution in [0.15, 0.2) is 18.2 Å². The molecule has 0 aliphatic rings. The van der Waals surface area contributed by atoms with Gasteiger partial charge in [0.15, 0.2) is 0 Å². The van der Waals surface area contributed by atoms with Crippen molar-refractivity contribution in [3.05, 3.63) is 29.0 Å². The molecule has 1 unspecified atom stereocenters. The molecule has 1 rings (SSSR count). The first-order chi connectivity index (χ1) is 8.49. The molecule has 1 aromatic carbocycles. The maximum Gasteiger partial charge on any atom is 0.244 e. The zero-order valence-corrected chi connectivity index (χ0v) is 11.6. The lowest BCUT2D eigenvalue weighted by molar-refractivity contribution is -0.131. The van der Waals surface area contributed by atoms with Gasteiger partial charge in [-0.15, -0.1) is 0 Å². The van der Waals surface area contributed by atoms with Crippen LogP contribution in [0, 0.1) is 5.82 Å². The van der Waals surface area contributed by atoms with E-state index in [2.05, 4.69) is 5.32 Å². The zero-order chi connectivity index (χ0) is 13.7. The number of anilines is 1. The molecular weight excluding hydrogens is 255 g/mol. The van der Waals surface area contributed by atoms with Gasteiger partial charge in [0.1, 0.15) is 11.9 Å². The number of benzene rings is 1. The molecule has 0 bridgehead atoms. The number of nitrogens with one attached hydrogen (secondary N) is 1. The molecule has 0 aliphatic heterocycles. The van der Waals surface area contributed by atoms with Gasteiger partial charge in [-0.3, -0.25) is 4.79 Å². The summed E-state index contributed by atoms with van der Waals surface area (Å²) in [6.07, 6.45) is 0. The minimum Gasteiger partial charge on any atom is -0.373 e. The van der Waals surface area contributed by atoms with Crippen LogP contribution in [0.3, 0.4) is 0 Å². The molecular formula is C13H18ClFN2O. The highest BCUT2D eigenvalue weighted by molar-refractivity contribution is 6.33. The molecule has 1 amide bonds. The van der Waals surface area contributed by atoms with Crippen molar-refractivity contribution in [3.63, 3.8) is 0 Å². The number of amides is 1. The molecule has 0 saturated heterocycles. The number of rotatable bonds is 5. The first-order valence-corrected chi connectivity index (χ1v) is 6.37. The van der Waals surface area contributed by atoms with Gasteiger partial charge in [-0.2, -0.15) is 0 Å². The fourth-order valence-corrected chi connectivity index (χ4v) is 1.88. The Hall–Kier alpha value is -1.29. The van der Waals surface area contributed by atoms with Crippen molar-refractivity contribution < 1.29 is 9.18 Å². The van der Waals surface area contributed by atoms with Crippen molar-refractivity contribution in [1.82, 2.24) is 4.90 Å². The largest absolute Gasteiger partial charge is 0.373 e. The van der Waals surface area contributed by atoms with E-state index in [4.69, 9.17) is 11.6 Å². The summed E-state index contributed by atoms with van der Waals surface area (Å²) in [6.45, 7) is 6.88. The zero-order valence-electron chi connectivity index (χ0n) is 10.8. The van der Waals surface area contributed by atoms with Crippen LogP contribution in [-0.4, -0.2) is 29.9 Å². The average Bonchev–Trinajstić information content (AvgIpc) is 2.35. The molecule has 100 valence electrons. The van der Waals surface area contributed by atoms with Gasteiger partial charge in [0.25, 0.3) is 0 Å². The van der Waals surface area contributed by atoms with Gasteiger partial charge in [-0.05, 0) is 39.0 Å². The third kappa shape index (κ3) is 3.60. The molecule has 0 heterocycles. The van der Waals surface area contributed by atoms with E-state index in [1.54, 1.807) is 11.8 Å². The van der Waals surface area contributed by atoms with Gasteiger partial charge in [0, 0.05) is 13.1 Å². The number of likely N-dealkylation sites (N-methyl/N-ethyl adjacent to an activating group) is 1. The minimum absolute atomic E-state index is 0.0275. The highest BCUT2D eigenvalue weighted by Gasteiger charge is 2.18. The van der Waals surface area contributed by atoms with Crippen LogP contribution in [-0.2, 0) is 4.79 Å². The van der Waals surface area contributed by atoms with E-state index in [1.165, 1.54) is 18.2 Å². The fraction of sp³-hybridized carbons (Fsp3) is 0.462. The molecule has 18 heavy (non-hydrogen) atoms. The monoisotopic (exact) mass is 272 g/mol. The molecule has 0 aliphatic carbocycles. The van der Waals surface area contributed by atoms with Gasteiger partial charge in [0.2, 0.25) is 5.91 Å². The third-order valence-electron chi connectivity index (χ3n) is 2.75. The normalized spacial score (nSPS) is 12.1. The van der Waals surface area contributed by atoms with Crippen LogP contribution in [0.25, 0.3) is 0 Å². The molecule has 5 heteroatoms. The summed E-state index contributed by atoms with van der Waals surface area (Å²) in [7, 11) is 0. The van der Waals surface area contributed by atoms with Gasteiger partial charge in [0.05, 0.1) is 10.7 Å². The van der Waals surface area contributed by atoms with Crippen molar-refractivity contribution in [2.75, 3.05) is 18.4 Å². The topological polar surface area (TPSA) is 32.3 Å². The lowest BCUT2D eigenvalue weighted by atomic mass is 10.2. The minimum atomic E-state index is -0.441. The summed E-state index contributed by atoms with van der Waals surface area (Å²) in [6, 6.07) is 3.59. The van der Waals surface area contributed by atoms with Gasteiger partial charge < -0.3 is 10.2 Å². The number of carbonyl (C=O) groups excluding carboxylic acids is 1. The highest BCUT2D eigenvalue weighted by atomic mass is 35.5. The lowest BCUT2D eigenvalue weighted by Gasteiger charge is -2.24. The summed E-state index contributed by atoms with van der Waals surface area (Å²) in [4.78, 5) is 13.7. The standard InChI is InChI=1S/C13H18ClFN2O/c1-4-17(5-2)13(18)9(3)16-12-8-10(15)6-7-11(12)14/h6-9,16H,4-5H2,1-3H3. The van der Waals surface area contributed by atoms with E-state index >= 15 is 0 Å². The first-order valence-electron chi connectivity index (χ1n) is 6.00. The molecule has 0 spiro atoms. The second-order valence-corrected chi connectivity index (χ2v) is 4.41. The van der Waals surface area contributed by atoms with Gasteiger partial charge in [-0.25, -0.2) is 4.39 Å². The van der Waals surface area contributed by atoms with Crippen LogP contribution in [0.5, 0.6) is 0 Å². The Kier molecular flexibility index (Phi) is 5.41. The SMILES string of the molecule is CCN(CC)C(=O)C(C)Nc1cc(F)ccc1Cl. The van der Waals surface area contributed by atoms with Crippen molar-refractivity contribution in [1.29, 1.82) is 0 Å². The number of nitrogens with zero attached hydrogens (tertiary/aromatic N) is 1. The smallest absolute Gasteiger partial charge is 0.244 e. The molecule has 1 atom stereocenters. The summed E-state index contributed by atoms with van der Waals surface area (Å²) >= 11 is 5.94. The molecule has 0 saturated carbocycles. The number of hydrogen-bond acceptors (Lipinski definition) is 2. The van der Waals surface area contributed by atoms with Gasteiger partial charge >= 0.3 is 0 Å². The van der Waals surface area contributed by atoms with Crippen molar-refractivity contribution in [2.45, 2.75) is 26.8 Å². The van der Waals surface area contributed by atoms with Crippen LogP contribution in [0.4, 0.5) is 10.1 Å². The van der Waals surface area contributed by atoms with E-state index in [0.717, 1.165) is 0 Å². The average molecular weight is 273 g/mol. The molecule has 0 fully saturated rings. The Labute approximate surface area is 112 Å². The Morgan fingerprint density at radius 2 is 2.06 bits per heavy atom. The number of hydrogen-bond donors (Lipinski definition) is 1. The van der Waals surface area contributed by atoms with E-state index in [0.29, 0.717) is 23.8 Å². The predicted molar refractivity (Wildman–Crippen MR) is 72.4 cm³/mol. The van der Waals surface area contributed by atoms with Crippen molar-refractivity contribution in [3.8, 4) is 0 Å².